The van der Waals surface area contributed by atoms with Crippen LogP contribution in [0.5, 0.6) is 0 Å². The summed E-state index contributed by atoms with van der Waals surface area (Å²) in [6, 6.07) is 3.64. The first kappa shape index (κ1) is 14.4. The molecular weight excluding hydrogens is 269 g/mol. The Bertz CT molecular complexity index is 559. The Labute approximate surface area is 113 Å². The van der Waals surface area contributed by atoms with Gasteiger partial charge in [0.2, 0.25) is 10.0 Å². The van der Waals surface area contributed by atoms with E-state index in [1.165, 1.54) is 22.5 Å². The number of halogens is 1. The third-order valence-corrected chi connectivity index (χ3v) is 5.52. The minimum Gasteiger partial charge on any atom is -0.383 e. The number of hydrogen-bond acceptors (Lipinski definition) is 3. The standard InChI is InChI=1S/C13H18FNO3S/c1-10-8-11(14)5-6-13(10)19(16,17)15-7-3-4-12(15)9-18-2/h5-6,8,12H,3-4,7,9H2,1-2H3. The lowest BCUT2D eigenvalue weighted by Gasteiger charge is -2.24. The summed E-state index contributed by atoms with van der Waals surface area (Å²) in [7, 11) is -2.01. The second-order valence-corrected chi connectivity index (χ2v) is 6.64. The maximum absolute atomic E-state index is 13.1. The Kier molecular flexibility index (Phi) is 4.23. The molecule has 1 aromatic carbocycles. The Hall–Kier alpha value is -0.980. The van der Waals surface area contributed by atoms with Crippen LogP contribution in [0.1, 0.15) is 18.4 Å². The second-order valence-electron chi connectivity index (χ2n) is 4.78. The minimum absolute atomic E-state index is 0.126. The lowest BCUT2D eigenvalue weighted by atomic mass is 10.2. The number of benzene rings is 1. The topological polar surface area (TPSA) is 46.6 Å². The van der Waals surface area contributed by atoms with Crippen LogP contribution in [0.15, 0.2) is 23.1 Å². The van der Waals surface area contributed by atoms with E-state index in [0.717, 1.165) is 12.8 Å². The SMILES string of the molecule is COCC1CCCN1S(=O)(=O)c1ccc(F)cc1C. The Morgan fingerprint density at radius 1 is 1.47 bits per heavy atom. The molecule has 6 heteroatoms. The van der Waals surface area contributed by atoms with Gasteiger partial charge in [0.15, 0.2) is 0 Å². The van der Waals surface area contributed by atoms with Crippen LogP contribution in [0.4, 0.5) is 4.39 Å². The summed E-state index contributed by atoms with van der Waals surface area (Å²) in [6.45, 7) is 2.49. The van der Waals surface area contributed by atoms with Gasteiger partial charge in [0.25, 0.3) is 0 Å². The monoisotopic (exact) mass is 287 g/mol. The van der Waals surface area contributed by atoms with Crippen LogP contribution < -0.4 is 0 Å². The van der Waals surface area contributed by atoms with Crippen molar-refractivity contribution >= 4 is 10.0 Å². The molecule has 0 amide bonds. The Morgan fingerprint density at radius 2 is 2.21 bits per heavy atom. The van der Waals surface area contributed by atoms with Gasteiger partial charge in [0.05, 0.1) is 11.5 Å². The molecule has 1 heterocycles. The molecule has 1 unspecified atom stereocenters. The van der Waals surface area contributed by atoms with Crippen molar-refractivity contribution in [3.05, 3.63) is 29.6 Å². The molecule has 0 aliphatic carbocycles. The first-order chi connectivity index (χ1) is 8.96. The molecule has 19 heavy (non-hydrogen) atoms. The van der Waals surface area contributed by atoms with Crippen molar-refractivity contribution in [2.75, 3.05) is 20.3 Å². The van der Waals surface area contributed by atoms with Gasteiger partial charge in [0, 0.05) is 19.7 Å². The van der Waals surface area contributed by atoms with Crippen molar-refractivity contribution in [3.63, 3.8) is 0 Å². The fraction of sp³-hybridized carbons (Fsp3) is 0.538. The van der Waals surface area contributed by atoms with E-state index in [2.05, 4.69) is 0 Å². The summed E-state index contributed by atoms with van der Waals surface area (Å²) >= 11 is 0. The Balaban J connectivity index is 2.36. The molecule has 1 aliphatic heterocycles. The van der Waals surface area contributed by atoms with Gasteiger partial charge < -0.3 is 4.74 Å². The predicted molar refractivity (Wildman–Crippen MR) is 69.9 cm³/mol. The molecule has 1 aliphatic rings. The van der Waals surface area contributed by atoms with Crippen LogP contribution in [-0.4, -0.2) is 39.0 Å². The van der Waals surface area contributed by atoms with Crippen LogP contribution in [0.3, 0.4) is 0 Å². The molecule has 0 saturated carbocycles. The van der Waals surface area contributed by atoms with Crippen LogP contribution in [0, 0.1) is 12.7 Å². The van der Waals surface area contributed by atoms with Crippen molar-refractivity contribution in [2.24, 2.45) is 0 Å². The highest BCUT2D eigenvalue weighted by molar-refractivity contribution is 7.89. The summed E-state index contributed by atoms with van der Waals surface area (Å²) in [4.78, 5) is 0.178. The lowest BCUT2D eigenvalue weighted by molar-refractivity contribution is 0.149. The third kappa shape index (κ3) is 2.80. The van der Waals surface area contributed by atoms with Crippen LogP contribution in [0.25, 0.3) is 0 Å². The van der Waals surface area contributed by atoms with Gasteiger partial charge in [0.1, 0.15) is 5.82 Å². The average Bonchev–Trinajstić information content (AvgIpc) is 2.78. The largest absolute Gasteiger partial charge is 0.383 e. The molecule has 0 spiro atoms. The highest BCUT2D eigenvalue weighted by Gasteiger charge is 2.35. The molecule has 0 radical (unpaired) electrons. The summed E-state index contributed by atoms with van der Waals surface area (Å²) < 4.78 is 44.8. The number of ether oxygens (including phenoxy) is 1. The minimum atomic E-state index is -3.57. The number of methoxy groups -OCH3 is 1. The molecule has 0 N–H and O–H groups in total. The van der Waals surface area contributed by atoms with Crippen molar-refractivity contribution in [1.29, 1.82) is 0 Å². The second kappa shape index (κ2) is 5.56. The van der Waals surface area contributed by atoms with Gasteiger partial charge in [-0.1, -0.05) is 0 Å². The molecular formula is C13H18FNO3S. The van der Waals surface area contributed by atoms with Crippen molar-refractivity contribution in [1.82, 2.24) is 4.31 Å². The van der Waals surface area contributed by atoms with E-state index in [9.17, 15) is 12.8 Å². The molecule has 0 bridgehead atoms. The molecule has 0 aromatic heterocycles. The maximum Gasteiger partial charge on any atom is 0.243 e. The fourth-order valence-corrected chi connectivity index (χ4v) is 4.40. The maximum atomic E-state index is 13.1. The highest BCUT2D eigenvalue weighted by atomic mass is 32.2. The summed E-state index contributed by atoms with van der Waals surface area (Å²) in [6.07, 6.45) is 1.63. The molecule has 106 valence electrons. The fourth-order valence-electron chi connectivity index (χ4n) is 2.51. The lowest BCUT2D eigenvalue weighted by Crippen LogP contribution is -2.38. The van der Waals surface area contributed by atoms with Gasteiger partial charge >= 0.3 is 0 Å². The number of hydrogen-bond donors (Lipinski definition) is 0. The van der Waals surface area contributed by atoms with E-state index in [1.54, 1.807) is 14.0 Å². The van der Waals surface area contributed by atoms with E-state index in [1.807, 2.05) is 0 Å². The number of sulfonamides is 1. The average molecular weight is 287 g/mol. The van der Waals surface area contributed by atoms with Gasteiger partial charge in [-0.2, -0.15) is 4.31 Å². The van der Waals surface area contributed by atoms with Crippen molar-refractivity contribution < 1.29 is 17.5 Å². The molecule has 4 nitrogen and oxygen atoms in total. The quantitative estimate of drug-likeness (QED) is 0.850. The van der Waals surface area contributed by atoms with Gasteiger partial charge in [-0.3, -0.25) is 0 Å². The van der Waals surface area contributed by atoms with Crippen LogP contribution in [-0.2, 0) is 14.8 Å². The molecule has 1 fully saturated rings. The van der Waals surface area contributed by atoms with E-state index in [-0.39, 0.29) is 10.9 Å². The number of aryl methyl sites for hydroxylation is 1. The Morgan fingerprint density at radius 3 is 2.84 bits per heavy atom. The van der Waals surface area contributed by atoms with Gasteiger partial charge in [-0.15, -0.1) is 0 Å². The van der Waals surface area contributed by atoms with Crippen molar-refractivity contribution in [2.45, 2.75) is 30.7 Å². The number of nitrogens with zero attached hydrogens (tertiary/aromatic N) is 1. The van der Waals surface area contributed by atoms with E-state index in [0.29, 0.717) is 18.7 Å². The smallest absolute Gasteiger partial charge is 0.243 e. The zero-order valence-corrected chi connectivity index (χ0v) is 11.9. The normalized spacial score (nSPS) is 20.9. The van der Waals surface area contributed by atoms with Gasteiger partial charge in [-0.05, 0) is 43.5 Å². The summed E-state index contributed by atoms with van der Waals surface area (Å²) in [5.41, 5.74) is 0.433. The van der Waals surface area contributed by atoms with Gasteiger partial charge in [-0.25, -0.2) is 12.8 Å². The number of rotatable bonds is 4. The predicted octanol–water partition coefficient (Wildman–Crippen LogP) is 1.93. The zero-order valence-electron chi connectivity index (χ0n) is 11.1. The highest BCUT2D eigenvalue weighted by Crippen LogP contribution is 2.28. The molecule has 1 aromatic rings. The van der Waals surface area contributed by atoms with Crippen molar-refractivity contribution in [3.8, 4) is 0 Å². The molecule has 1 saturated heterocycles. The van der Waals surface area contributed by atoms with Crippen LogP contribution >= 0.6 is 0 Å². The summed E-state index contributed by atoms with van der Waals surface area (Å²) in [5.74, 6) is -0.425. The van der Waals surface area contributed by atoms with Crippen LogP contribution in [0.2, 0.25) is 0 Å². The molecule has 2 rings (SSSR count). The van der Waals surface area contributed by atoms with E-state index in [4.69, 9.17) is 4.74 Å². The van der Waals surface area contributed by atoms with E-state index < -0.39 is 15.8 Å². The first-order valence-corrected chi connectivity index (χ1v) is 7.67. The third-order valence-electron chi connectivity index (χ3n) is 3.41. The van der Waals surface area contributed by atoms with E-state index >= 15 is 0 Å². The molecule has 1 atom stereocenters. The summed E-state index contributed by atoms with van der Waals surface area (Å²) in [5, 5.41) is 0. The first-order valence-electron chi connectivity index (χ1n) is 6.23. The zero-order chi connectivity index (χ0) is 14.0.